The van der Waals surface area contributed by atoms with E-state index in [0.717, 1.165) is 42.4 Å². The van der Waals surface area contributed by atoms with Crippen LogP contribution in [0.5, 0.6) is 5.75 Å². The molecule has 0 saturated heterocycles. The van der Waals surface area contributed by atoms with Crippen molar-refractivity contribution in [2.75, 3.05) is 0 Å². The third-order valence-electron chi connectivity index (χ3n) is 3.94. The number of hydrogen-bond donors (Lipinski definition) is 0. The van der Waals surface area contributed by atoms with Crippen molar-refractivity contribution in [2.24, 2.45) is 0 Å². The molecule has 2 aromatic carbocycles. The van der Waals surface area contributed by atoms with Gasteiger partial charge in [-0.05, 0) is 42.4 Å². The maximum atomic E-state index is 11.3. The number of fused-ring (bicyclic) bond motifs is 1. The third kappa shape index (κ3) is 2.92. The Kier molecular flexibility index (Phi) is 4.29. The summed E-state index contributed by atoms with van der Waals surface area (Å²) in [6.45, 7) is 0.264. The predicted octanol–water partition coefficient (Wildman–Crippen LogP) is 4.71. The molecular formula is C17H16ClNO3. The van der Waals surface area contributed by atoms with E-state index in [9.17, 15) is 10.1 Å². The highest BCUT2D eigenvalue weighted by Crippen LogP contribution is 2.42. The van der Waals surface area contributed by atoms with E-state index in [1.807, 2.05) is 30.3 Å². The summed E-state index contributed by atoms with van der Waals surface area (Å²) in [4.78, 5) is 10.9. The van der Waals surface area contributed by atoms with E-state index in [0.29, 0.717) is 5.02 Å². The van der Waals surface area contributed by atoms with Crippen LogP contribution < -0.4 is 4.74 Å². The summed E-state index contributed by atoms with van der Waals surface area (Å²) >= 11 is 6.41. The smallest absolute Gasteiger partial charge is 0.312 e. The topological polar surface area (TPSA) is 52.4 Å². The number of nitrogens with zero attached hydrogens (tertiary/aromatic N) is 1. The summed E-state index contributed by atoms with van der Waals surface area (Å²) in [6.07, 6.45) is 3.80. The number of benzene rings is 2. The van der Waals surface area contributed by atoms with Crippen LogP contribution in [0.25, 0.3) is 0 Å². The lowest BCUT2D eigenvalue weighted by Gasteiger charge is -2.19. The van der Waals surface area contributed by atoms with Crippen molar-refractivity contribution < 1.29 is 9.66 Å². The first-order valence-corrected chi connectivity index (χ1v) is 7.70. The number of rotatable bonds is 4. The van der Waals surface area contributed by atoms with Crippen molar-refractivity contribution in [1.82, 2.24) is 0 Å². The Morgan fingerprint density at radius 1 is 1.18 bits per heavy atom. The van der Waals surface area contributed by atoms with Crippen molar-refractivity contribution in [3.63, 3.8) is 0 Å². The van der Waals surface area contributed by atoms with Crippen molar-refractivity contribution >= 4 is 17.3 Å². The predicted molar refractivity (Wildman–Crippen MR) is 85.5 cm³/mol. The Balaban J connectivity index is 1.96. The fourth-order valence-electron chi connectivity index (χ4n) is 2.82. The average molecular weight is 318 g/mol. The fourth-order valence-corrected chi connectivity index (χ4v) is 3.19. The lowest BCUT2D eigenvalue weighted by atomic mass is 9.91. The molecule has 2 aromatic rings. The van der Waals surface area contributed by atoms with Crippen molar-refractivity contribution in [2.45, 2.75) is 32.3 Å². The normalized spacial score (nSPS) is 13.5. The maximum Gasteiger partial charge on any atom is 0.312 e. The van der Waals surface area contributed by atoms with Crippen LogP contribution >= 0.6 is 11.6 Å². The Labute approximate surface area is 133 Å². The number of aryl methyl sites for hydroxylation is 1. The summed E-state index contributed by atoms with van der Waals surface area (Å²) in [6, 6.07) is 11.2. The van der Waals surface area contributed by atoms with Gasteiger partial charge < -0.3 is 4.74 Å². The van der Waals surface area contributed by atoms with Crippen LogP contribution in [0.2, 0.25) is 5.02 Å². The Morgan fingerprint density at radius 2 is 1.91 bits per heavy atom. The number of nitro benzene ring substituents is 1. The second kappa shape index (κ2) is 6.36. The standard InChI is InChI=1S/C17H16ClNO3/c18-16-14-9-5-4-8-13(14)10-15(19(20)21)17(16)22-11-12-6-2-1-3-7-12/h1-3,6-7,10H,4-5,8-9,11H2. The van der Waals surface area contributed by atoms with E-state index in [1.54, 1.807) is 6.07 Å². The van der Waals surface area contributed by atoms with Crippen LogP contribution in [-0.2, 0) is 19.4 Å². The zero-order valence-electron chi connectivity index (χ0n) is 12.0. The molecule has 22 heavy (non-hydrogen) atoms. The lowest BCUT2D eigenvalue weighted by Crippen LogP contribution is -2.08. The van der Waals surface area contributed by atoms with Gasteiger partial charge in [-0.15, -0.1) is 0 Å². The Morgan fingerprint density at radius 3 is 2.64 bits per heavy atom. The molecule has 3 rings (SSSR count). The molecule has 1 aliphatic rings. The van der Waals surface area contributed by atoms with E-state index in [-0.39, 0.29) is 18.0 Å². The molecule has 0 radical (unpaired) electrons. The zero-order chi connectivity index (χ0) is 15.5. The number of nitro groups is 1. The monoisotopic (exact) mass is 317 g/mol. The van der Waals surface area contributed by atoms with Gasteiger partial charge in [0, 0.05) is 6.07 Å². The second-order valence-electron chi connectivity index (χ2n) is 5.41. The van der Waals surface area contributed by atoms with Gasteiger partial charge in [0.25, 0.3) is 0 Å². The molecule has 0 unspecified atom stereocenters. The van der Waals surface area contributed by atoms with E-state index >= 15 is 0 Å². The molecule has 0 aromatic heterocycles. The second-order valence-corrected chi connectivity index (χ2v) is 5.79. The molecule has 0 amide bonds. The largest absolute Gasteiger partial charge is 0.481 e. The first-order valence-electron chi connectivity index (χ1n) is 7.32. The van der Waals surface area contributed by atoms with Gasteiger partial charge >= 0.3 is 5.69 Å². The minimum atomic E-state index is -0.416. The molecule has 0 heterocycles. The van der Waals surface area contributed by atoms with Gasteiger partial charge in [-0.1, -0.05) is 41.9 Å². The highest BCUT2D eigenvalue weighted by Gasteiger charge is 2.26. The molecule has 0 saturated carbocycles. The minimum absolute atomic E-state index is 0.0402. The lowest BCUT2D eigenvalue weighted by molar-refractivity contribution is -0.386. The maximum absolute atomic E-state index is 11.3. The highest BCUT2D eigenvalue weighted by molar-refractivity contribution is 6.33. The molecule has 0 aliphatic heterocycles. The minimum Gasteiger partial charge on any atom is -0.481 e. The average Bonchev–Trinajstić information content (AvgIpc) is 2.54. The van der Waals surface area contributed by atoms with E-state index in [1.165, 1.54) is 0 Å². The summed E-state index contributed by atoms with van der Waals surface area (Å²) in [5.74, 6) is 0.191. The molecule has 114 valence electrons. The van der Waals surface area contributed by atoms with Crippen molar-refractivity contribution in [1.29, 1.82) is 0 Å². The first-order chi connectivity index (χ1) is 10.7. The first kappa shape index (κ1) is 14.9. The summed E-state index contributed by atoms with van der Waals surface area (Å²) < 4.78 is 5.71. The Hall–Kier alpha value is -2.07. The molecule has 0 bridgehead atoms. The van der Waals surface area contributed by atoms with E-state index in [2.05, 4.69) is 0 Å². The van der Waals surface area contributed by atoms with Gasteiger partial charge in [-0.3, -0.25) is 10.1 Å². The quantitative estimate of drug-likeness (QED) is 0.606. The van der Waals surface area contributed by atoms with Gasteiger partial charge in [0.05, 0.1) is 9.95 Å². The van der Waals surface area contributed by atoms with Gasteiger partial charge in [0.15, 0.2) is 0 Å². The number of ether oxygens (including phenoxy) is 1. The van der Waals surface area contributed by atoms with E-state index in [4.69, 9.17) is 16.3 Å². The molecular weight excluding hydrogens is 302 g/mol. The molecule has 0 atom stereocenters. The molecule has 0 N–H and O–H groups in total. The van der Waals surface area contributed by atoms with Crippen LogP contribution in [0.3, 0.4) is 0 Å². The molecule has 0 spiro atoms. The fraction of sp³-hybridized carbons (Fsp3) is 0.294. The Bertz CT molecular complexity index is 701. The van der Waals surface area contributed by atoms with Gasteiger partial charge in [-0.2, -0.15) is 0 Å². The van der Waals surface area contributed by atoms with Gasteiger partial charge in [0.2, 0.25) is 5.75 Å². The van der Waals surface area contributed by atoms with Crippen molar-refractivity contribution in [3.05, 3.63) is 68.2 Å². The SMILES string of the molecule is O=[N+]([O-])c1cc2c(c(Cl)c1OCc1ccccc1)CCCC2. The summed E-state index contributed by atoms with van der Waals surface area (Å²) in [5.41, 5.74) is 2.89. The van der Waals surface area contributed by atoms with E-state index < -0.39 is 4.92 Å². The van der Waals surface area contributed by atoms with Crippen LogP contribution in [0.1, 0.15) is 29.5 Å². The molecule has 5 heteroatoms. The van der Waals surface area contributed by atoms with Crippen LogP contribution in [-0.4, -0.2) is 4.92 Å². The highest BCUT2D eigenvalue weighted by atomic mass is 35.5. The summed E-state index contributed by atoms with van der Waals surface area (Å²) in [5, 5.41) is 11.7. The number of halogens is 1. The van der Waals surface area contributed by atoms with Gasteiger partial charge in [0.1, 0.15) is 6.61 Å². The van der Waals surface area contributed by atoms with Crippen LogP contribution in [0, 0.1) is 10.1 Å². The van der Waals surface area contributed by atoms with Gasteiger partial charge in [-0.25, -0.2) is 0 Å². The summed E-state index contributed by atoms with van der Waals surface area (Å²) in [7, 11) is 0. The molecule has 1 aliphatic carbocycles. The molecule has 4 nitrogen and oxygen atoms in total. The van der Waals surface area contributed by atoms with Crippen molar-refractivity contribution in [3.8, 4) is 5.75 Å². The zero-order valence-corrected chi connectivity index (χ0v) is 12.8. The third-order valence-corrected chi connectivity index (χ3v) is 4.34. The number of hydrogen-bond acceptors (Lipinski definition) is 3. The van der Waals surface area contributed by atoms with Crippen LogP contribution in [0.4, 0.5) is 5.69 Å². The van der Waals surface area contributed by atoms with Crippen LogP contribution in [0.15, 0.2) is 36.4 Å². The molecule has 0 fully saturated rings.